The van der Waals surface area contributed by atoms with Crippen LogP contribution in [0.2, 0.25) is 0 Å². The first kappa shape index (κ1) is 13.2. The van der Waals surface area contributed by atoms with Gasteiger partial charge in [0.1, 0.15) is 0 Å². The van der Waals surface area contributed by atoms with Crippen molar-refractivity contribution in [3.8, 4) is 0 Å². The minimum absolute atomic E-state index is 0.191. The molecule has 0 radical (unpaired) electrons. The van der Waals surface area contributed by atoms with Gasteiger partial charge in [0.15, 0.2) is 0 Å². The molecule has 2 atom stereocenters. The molecule has 0 fully saturated rings. The predicted octanol–water partition coefficient (Wildman–Crippen LogP) is 2.72. The highest BCUT2D eigenvalue weighted by atomic mass is 16.3. The van der Waals surface area contributed by atoms with Gasteiger partial charge in [0.05, 0.1) is 6.61 Å². The van der Waals surface area contributed by atoms with Crippen LogP contribution in [0.5, 0.6) is 0 Å². The third kappa shape index (κ3) is 3.32. The second-order valence-electron chi connectivity index (χ2n) is 4.52. The molecule has 0 aliphatic rings. The first-order chi connectivity index (χ1) is 7.58. The molecule has 90 valence electrons. The molecule has 1 aromatic carbocycles. The van der Waals surface area contributed by atoms with Crippen LogP contribution in [0.25, 0.3) is 0 Å². The molecule has 0 aliphatic heterocycles. The van der Waals surface area contributed by atoms with Gasteiger partial charge in [-0.2, -0.15) is 0 Å². The molecule has 0 spiro atoms. The number of hydrogen-bond acceptors (Lipinski definition) is 2. The molecule has 1 unspecified atom stereocenters. The van der Waals surface area contributed by atoms with Crippen molar-refractivity contribution in [3.63, 3.8) is 0 Å². The molecular formula is C14H23NO. The number of nitrogens with one attached hydrogen (secondary N) is 1. The largest absolute Gasteiger partial charge is 0.395 e. The number of aliphatic hydroxyl groups is 1. The molecule has 2 N–H and O–H groups in total. The molecule has 0 aromatic heterocycles. The fourth-order valence-corrected chi connectivity index (χ4v) is 1.78. The zero-order chi connectivity index (χ0) is 12.1. The van der Waals surface area contributed by atoms with E-state index >= 15 is 0 Å². The highest BCUT2D eigenvalue weighted by Gasteiger charge is 2.11. The van der Waals surface area contributed by atoms with Crippen LogP contribution in [0, 0.1) is 13.8 Å². The van der Waals surface area contributed by atoms with Crippen molar-refractivity contribution in [2.24, 2.45) is 0 Å². The Morgan fingerprint density at radius 2 is 1.94 bits per heavy atom. The van der Waals surface area contributed by atoms with Crippen LogP contribution in [0.1, 0.15) is 43.0 Å². The Bertz CT molecular complexity index is 332. The van der Waals surface area contributed by atoms with Crippen molar-refractivity contribution in [3.05, 3.63) is 34.9 Å². The van der Waals surface area contributed by atoms with Crippen molar-refractivity contribution < 1.29 is 5.11 Å². The molecule has 0 aliphatic carbocycles. The van der Waals surface area contributed by atoms with Crippen LogP contribution < -0.4 is 5.32 Å². The van der Waals surface area contributed by atoms with Crippen LogP contribution in [0.4, 0.5) is 0 Å². The van der Waals surface area contributed by atoms with Crippen LogP contribution in [-0.2, 0) is 0 Å². The van der Waals surface area contributed by atoms with E-state index in [0.717, 1.165) is 6.42 Å². The third-order valence-electron chi connectivity index (χ3n) is 3.23. The average Bonchev–Trinajstić information content (AvgIpc) is 2.29. The van der Waals surface area contributed by atoms with Gasteiger partial charge >= 0.3 is 0 Å². The van der Waals surface area contributed by atoms with E-state index in [-0.39, 0.29) is 18.7 Å². The van der Waals surface area contributed by atoms with Gasteiger partial charge in [-0.05, 0) is 43.9 Å². The molecular weight excluding hydrogens is 198 g/mol. The molecule has 2 nitrogen and oxygen atoms in total. The summed E-state index contributed by atoms with van der Waals surface area (Å²) in [6, 6.07) is 7.01. The predicted molar refractivity (Wildman–Crippen MR) is 68.6 cm³/mol. The van der Waals surface area contributed by atoms with Gasteiger partial charge in [0.2, 0.25) is 0 Å². The molecule has 1 rings (SSSR count). The zero-order valence-corrected chi connectivity index (χ0v) is 10.7. The van der Waals surface area contributed by atoms with E-state index in [2.05, 4.69) is 51.2 Å². The number of benzene rings is 1. The maximum atomic E-state index is 9.16. The van der Waals surface area contributed by atoms with Gasteiger partial charge in [-0.25, -0.2) is 0 Å². The summed E-state index contributed by atoms with van der Waals surface area (Å²) in [6.07, 6.45) is 0.950. The Labute approximate surface area is 98.7 Å². The molecule has 0 saturated heterocycles. The first-order valence-corrected chi connectivity index (χ1v) is 6.02. The Morgan fingerprint density at radius 3 is 2.44 bits per heavy atom. The maximum Gasteiger partial charge on any atom is 0.0584 e. The summed E-state index contributed by atoms with van der Waals surface area (Å²) in [4.78, 5) is 0. The van der Waals surface area contributed by atoms with Crippen molar-refractivity contribution in [1.82, 2.24) is 5.32 Å². The summed E-state index contributed by atoms with van der Waals surface area (Å²) < 4.78 is 0. The topological polar surface area (TPSA) is 32.3 Å². The Hall–Kier alpha value is -0.860. The van der Waals surface area contributed by atoms with Crippen molar-refractivity contribution in [2.75, 3.05) is 6.61 Å². The van der Waals surface area contributed by atoms with E-state index in [1.165, 1.54) is 16.7 Å². The lowest BCUT2D eigenvalue weighted by Gasteiger charge is -2.21. The van der Waals surface area contributed by atoms with E-state index in [9.17, 15) is 0 Å². The summed E-state index contributed by atoms with van der Waals surface area (Å²) in [5.41, 5.74) is 3.93. The number of aliphatic hydroxyl groups excluding tert-OH is 1. The average molecular weight is 221 g/mol. The Morgan fingerprint density at radius 1 is 1.25 bits per heavy atom. The monoisotopic (exact) mass is 221 g/mol. The van der Waals surface area contributed by atoms with Crippen molar-refractivity contribution >= 4 is 0 Å². The second-order valence-corrected chi connectivity index (χ2v) is 4.52. The van der Waals surface area contributed by atoms with Crippen LogP contribution >= 0.6 is 0 Å². The van der Waals surface area contributed by atoms with Gasteiger partial charge in [-0.3, -0.25) is 0 Å². The molecule has 0 heterocycles. The van der Waals surface area contributed by atoms with Crippen LogP contribution in [-0.4, -0.2) is 17.8 Å². The summed E-state index contributed by atoms with van der Waals surface area (Å²) >= 11 is 0. The standard InChI is InChI=1S/C14H23NO/c1-5-14(9-16)15-12(4)13-7-6-10(2)11(3)8-13/h6-8,12,14-16H,5,9H2,1-4H3/t12?,14-/m0/s1. The molecule has 0 amide bonds. The van der Waals surface area contributed by atoms with Crippen LogP contribution in [0.15, 0.2) is 18.2 Å². The quantitative estimate of drug-likeness (QED) is 0.801. The lowest BCUT2D eigenvalue weighted by Crippen LogP contribution is -2.33. The fourth-order valence-electron chi connectivity index (χ4n) is 1.78. The first-order valence-electron chi connectivity index (χ1n) is 6.02. The summed E-state index contributed by atoms with van der Waals surface area (Å²) in [5, 5.41) is 12.6. The lowest BCUT2D eigenvalue weighted by atomic mass is 10.0. The van der Waals surface area contributed by atoms with Gasteiger partial charge in [-0.15, -0.1) is 0 Å². The third-order valence-corrected chi connectivity index (χ3v) is 3.23. The van der Waals surface area contributed by atoms with E-state index in [1.807, 2.05) is 0 Å². The number of aryl methyl sites for hydroxylation is 2. The Kier molecular flexibility index (Phi) is 4.97. The van der Waals surface area contributed by atoms with Crippen molar-refractivity contribution in [1.29, 1.82) is 0 Å². The minimum Gasteiger partial charge on any atom is -0.395 e. The van der Waals surface area contributed by atoms with Gasteiger partial charge in [-0.1, -0.05) is 25.1 Å². The lowest BCUT2D eigenvalue weighted by molar-refractivity contribution is 0.230. The Balaban J connectivity index is 2.72. The van der Waals surface area contributed by atoms with Crippen LogP contribution in [0.3, 0.4) is 0 Å². The molecule has 0 bridgehead atoms. The smallest absolute Gasteiger partial charge is 0.0584 e. The van der Waals surface area contributed by atoms with E-state index < -0.39 is 0 Å². The second kappa shape index (κ2) is 6.02. The van der Waals surface area contributed by atoms with E-state index in [4.69, 9.17) is 5.11 Å². The van der Waals surface area contributed by atoms with E-state index in [1.54, 1.807) is 0 Å². The molecule has 16 heavy (non-hydrogen) atoms. The zero-order valence-electron chi connectivity index (χ0n) is 10.7. The minimum atomic E-state index is 0.191. The highest BCUT2D eigenvalue weighted by Crippen LogP contribution is 2.17. The summed E-state index contributed by atoms with van der Waals surface area (Å²) in [7, 11) is 0. The highest BCUT2D eigenvalue weighted by molar-refractivity contribution is 5.31. The fraction of sp³-hybridized carbons (Fsp3) is 0.571. The SMILES string of the molecule is CC[C@@H](CO)NC(C)c1ccc(C)c(C)c1. The van der Waals surface area contributed by atoms with Gasteiger partial charge < -0.3 is 10.4 Å². The molecule has 0 saturated carbocycles. The van der Waals surface area contributed by atoms with Crippen molar-refractivity contribution in [2.45, 2.75) is 46.2 Å². The normalized spacial score (nSPS) is 14.8. The van der Waals surface area contributed by atoms with Gasteiger partial charge in [0.25, 0.3) is 0 Å². The number of rotatable bonds is 5. The molecule has 1 aromatic rings. The summed E-state index contributed by atoms with van der Waals surface area (Å²) in [5.74, 6) is 0. The van der Waals surface area contributed by atoms with Gasteiger partial charge in [0, 0.05) is 12.1 Å². The number of hydrogen-bond donors (Lipinski definition) is 2. The molecule has 2 heteroatoms. The maximum absolute atomic E-state index is 9.16. The summed E-state index contributed by atoms with van der Waals surface area (Å²) in [6.45, 7) is 8.68. The van der Waals surface area contributed by atoms with E-state index in [0.29, 0.717) is 0 Å².